The van der Waals surface area contributed by atoms with Gasteiger partial charge >= 0.3 is 0 Å². The van der Waals surface area contributed by atoms with Crippen LogP contribution in [0.2, 0.25) is 0 Å². The monoisotopic (exact) mass is 832 g/mol. The van der Waals surface area contributed by atoms with Gasteiger partial charge in [-0.2, -0.15) is 0 Å². The van der Waals surface area contributed by atoms with Crippen molar-refractivity contribution in [2.75, 3.05) is 37.0 Å². The van der Waals surface area contributed by atoms with Crippen LogP contribution in [-0.2, 0) is 31.1 Å². The molecule has 0 saturated carbocycles. The molecule has 1 aromatic heterocycles. The normalized spacial score (nSPS) is 15.1. The van der Waals surface area contributed by atoms with Gasteiger partial charge in [0.1, 0.15) is 24.1 Å². The first kappa shape index (κ1) is 44.4. The van der Waals surface area contributed by atoms with Crippen LogP contribution in [0.25, 0.3) is 0 Å². The number of hydrogen-bond acceptors (Lipinski definition) is 11. The summed E-state index contributed by atoms with van der Waals surface area (Å²) in [5.41, 5.74) is 4.08. The fraction of sp³-hybridized carbons (Fsp3) is 0.426. The van der Waals surface area contributed by atoms with Gasteiger partial charge in [0.25, 0.3) is 11.8 Å². The lowest BCUT2D eigenvalue weighted by molar-refractivity contribution is -0.136. The molecule has 4 aromatic rings. The topological polar surface area (TPSA) is 178 Å². The lowest BCUT2D eigenvalue weighted by Gasteiger charge is -2.27. The van der Waals surface area contributed by atoms with Crippen molar-refractivity contribution in [2.45, 2.75) is 103 Å². The van der Waals surface area contributed by atoms with Gasteiger partial charge in [0.05, 0.1) is 23.4 Å². The summed E-state index contributed by atoms with van der Waals surface area (Å²) in [5, 5.41) is 8.11. The Labute approximate surface area is 357 Å². The Morgan fingerprint density at radius 1 is 0.770 bits per heavy atom. The van der Waals surface area contributed by atoms with Gasteiger partial charge in [-0.25, -0.2) is 9.97 Å². The van der Waals surface area contributed by atoms with Gasteiger partial charge in [-0.15, -0.1) is 0 Å². The number of nitrogens with one attached hydrogen (secondary N) is 3. The predicted octanol–water partition coefficient (Wildman–Crippen LogP) is 7.37. The molecule has 3 heterocycles. The van der Waals surface area contributed by atoms with Crippen molar-refractivity contribution >= 4 is 41.2 Å². The number of ether oxygens (including phenoxy) is 3. The third-order valence-electron chi connectivity index (χ3n) is 11.0. The van der Waals surface area contributed by atoms with Crippen LogP contribution in [-0.4, -0.2) is 76.8 Å². The van der Waals surface area contributed by atoms with Gasteiger partial charge in [-0.05, 0) is 91.8 Å². The molecule has 0 radical (unpaired) electrons. The van der Waals surface area contributed by atoms with Crippen LogP contribution in [0.1, 0.15) is 123 Å². The number of unbranched alkanes of at least 4 members (excludes halogenated alkanes) is 6. The molecule has 2 aliphatic heterocycles. The quantitative estimate of drug-likeness (QED) is 0.0502. The van der Waals surface area contributed by atoms with E-state index in [2.05, 4.69) is 64.0 Å². The summed E-state index contributed by atoms with van der Waals surface area (Å²) in [6.07, 6.45) is 10.3. The average Bonchev–Trinajstić information content (AvgIpc) is 3.49. The molecule has 14 heteroatoms. The second-order valence-electron chi connectivity index (χ2n) is 15.9. The summed E-state index contributed by atoms with van der Waals surface area (Å²) >= 11 is 0. The number of aromatic nitrogens is 2. The largest absolute Gasteiger partial charge is 0.494 e. The van der Waals surface area contributed by atoms with Crippen molar-refractivity contribution in [3.8, 4) is 11.5 Å². The number of anilines is 2. The van der Waals surface area contributed by atoms with Crippen molar-refractivity contribution in [3.05, 3.63) is 107 Å². The Hall–Kier alpha value is -6.15. The van der Waals surface area contributed by atoms with E-state index in [9.17, 15) is 24.0 Å². The minimum atomic E-state index is -0.970. The highest BCUT2D eigenvalue weighted by Crippen LogP contribution is 2.34. The maximum atomic E-state index is 13.0. The summed E-state index contributed by atoms with van der Waals surface area (Å²) in [5.74, 6) is -0.386. The van der Waals surface area contributed by atoms with Gasteiger partial charge in [-0.1, -0.05) is 63.8 Å². The van der Waals surface area contributed by atoms with Crippen molar-refractivity contribution in [2.24, 2.45) is 0 Å². The maximum Gasteiger partial charge on any atom is 0.262 e. The molecule has 322 valence electrons. The molecule has 0 bridgehead atoms. The average molecular weight is 833 g/mol. The summed E-state index contributed by atoms with van der Waals surface area (Å²) in [4.78, 5) is 70.3. The first-order valence-corrected chi connectivity index (χ1v) is 21.2. The summed E-state index contributed by atoms with van der Waals surface area (Å²) in [6.45, 7) is 8.91. The molecule has 3 N–H and O–H groups in total. The first-order chi connectivity index (χ1) is 29.5. The van der Waals surface area contributed by atoms with E-state index < -0.39 is 29.7 Å². The van der Waals surface area contributed by atoms with Crippen LogP contribution in [0.15, 0.2) is 79.0 Å². The van der Waals surface area contributed by atoms with E-state index in [1.54, 1.807) is 30.5 Å². The number of rotatable bonds is 23. The number of benzene rings is 3. The van der Waals surface area contributed by atoms with Crippen molar-refractivity contribution < 1.29 is 38.2 Å². The molecule has 5 amide bonds. The minimum Gasteiger partial charge on any atom is -0.494 e. The molecule has 1 fully saturated rings. The fourth-order valence-electron chi connectivity index (χ4n) is 7.40. The number of carbonyl (C=O) groups excluding carboxylic acids is 5. The first-order valence-electron chi connectivity index (χ1n) is 21.2. The highest BCUT2D eigenvalue weighted by atomic mass is 16.5. The lowest BCUT2D eigenvalue weighted by Crippen LogP contribution is -2.54. The Balaban J connectivity index is 0.772. The molecule has 6 rings (SSSR count). The van der Waals surface area contributed by atoms with E-state index in [-0.39, 0.29) is 47.8 Å². The predicted molar refractivity (Wildman–Crippen MR) is 231 cm³/mol. The molecule has 1 atom stereocenters. The van der Waals surface area contributed by atoms with Crippen molar-refractivity contribution in [1.29, 1.82) is 0 Å². The fourth-order valence-corrected chi connectivity index (χ4v) is 7.40. The smallest absolute Gasteiger partial charge is 0.262 e. The molecule has 0 spiro atoms. The second-order valence-corrected chi connectivity index (χ2v) is 15.9. The second kappa shape index (κ2) is 21.4. The standard InChI is InChI=1S/C47H56N6O8/c1-32(54)50-46-49-26-24-36(51-46)31-61-38-19-14-34(15-20-38)47(2,3)33-12-17-37(18-13-33)60-29-10-7-5-4-6-9-27-59-28-11-8-25-48-35-16-21-39-40(30-35)45(58)53(44(39)57)41-22-23-42(55)52-43(41)56/h12-21,24,26,30,41,48H,4-11,22-23,25,27-29,31H2,1-3H3,(H,52,55,56)(H,49,50,51,54). The summed E-state index contributed by atoms with van der Waals surface area (Å²) < 4.78 is 17.8. The number of carbonyl (C=O) groups is 5. The lowest BCUT2D eigenvalue weighted by atomic mass is 9.78. The van der Waals surface area contributed by atoms with E-state index in [4.69, 9.17) is 14.2 Å². The third-order valence-corrected chi connectivity index (χ3v) is 11.0. The van der Waals surface area contributed by atoms with Crippen LogP contribution in [0.5, 0.6) is 11.5 Å². The number of fused-ring (bicyclic) bond motifs is 1. The Morgan fingerprint density at radius 2 is 1.39 bits per heavy atom. The maximum absolute atomic E-state index is 13.0. The number of hydrogen-bond donors (Lipinski definition) is 3. The molecular formula is C47H56N6O8. The van der Waals surface area contributed by atoms with Crippen LogP contribution in [0, 0.1) is 0 Å². The molecule has 61 heavy (non-hydrogen) atoms. The zero-order valence-corrected chi connectivity index (χ0v) is 35.3. The zero-order chi connectivity index (χ0) is 43.2. The molecule has 2 aliphatic rings. The van der Waals surface area contributed by atoms with Crippen LogP contribution >= 0.6 is 0 Å². The number of imide groups is 2. The molecular weight excluding hydrogens is 777 g/mol. The molecule has 0 aliphatic carbocycles. The van der Waals surface area contributed by atoms with E-state index in [1.807, 2.05) is 24.3 Å². The molecule has 14 nitrogen and oxygen atoms in total. The highest BCUT2D eigenvalue weighted by Gasteiger charge is 2.44. The van der Waals surface area contributed by atoms with Gasteiger partial charge in [-0.3, -0.25) is 39.5 Å². The summed E-state index contributed by atoms with van der Waals surface area (Å²) in [6, 6.07) is 22.3. The van der Waals surface area contributed by atoms with Crippen LogP contribution < -0.4 is 25.4 Å². The SMILES string of the molecule is CC(=O)Nc1nccc(COc2ccc(C(C)(C)c3ccc(OCCCCCCCCOCCCCNc4ccc5c(c4)C(=O)N(C4CCC(=O)NC4=O)C5=O)cc3)cc2)n1. The minimum absolute atomic E-state index is 0.0911. The van der Waals surface area contributed by atoms with Gasteiger partial charge in [0.15, 0.2) is 0 Å². The van der Waals surface area contributed by atoms with Gasteiger partial charge in [0, 0.05) is 50.4 Å². The van der Waals surface area contributed by atoms with E-state index in [0.717, 1.165) is 67.2 Å². The van der Waals surface area contributed by atoms with Crippen LogP contribution in [0.3, 0.4) is 0 Å². The van der Waals surface area contributed by atoms with Gasteiger partial charge < -0.3 is 19.5 Å². The van der Waals surface area contributed by atoms with Gasteiger partial charge in [0.2, 0.25) is 23.7 Å². The van der Waals surface area contributed by atoms with E-state index in [0.29, 0.717) is 25.5 Å². The third kappa shape index (κ3) is 12.2. The molecule has 1 unspecified atom stereocenters. The van der Waals surface area contributed by atoms with Crippen molar-refractivity contribution in [1.82, 2.24) is 20.2 Å². The number of nitrogens with zero attached hydrogens (tertiary/aromatic N) is 3. The van der Waals surface area contributed by atoms with Crippen LogP contribution in [0.4, 0.5) is 11.6 Å². The Morgan fingerprint density at radius 3 is 2.07 bits per heavy atom. The number of amides is 5. The summed E-state index contributed by atoms with van der Waals surface area (Å²) in [7, 11) is 0. The zero-order valence-electron chi connectivity index (χ0n) is 35.3. The van der Waals surface area contributed by atoms with Crippen molar-refractivity contribution in [3.63, 3.8) is 0 Å². The highest BCUT2D eigenvalue weighted by molar-refractivity contribution is 6.23. The number of piperidine rings is 1. The Bertz CT molecular complexity index is 2160. The van der Waals surface area contributed by atoms with E-state index >= 15 is 0 Å². The molecule has 3 aromatic carbocycles. The Kier molecular flexibility index (Phi) is 15.6. The molecule has 1 saturated heterocycles. The van der Waals surface area contributed by atoms with E-state index in [1.165, 1.54) is 30.9 Å².